The van der Waals surface area contributed by atoms with E-state index in [1.54, 1.807) is 0 Å². The highest BCUT2D eigenvalue weighted by molar-refractivity contribution is 14.1. The average molecular weight is 307 g/mol. The summed E-state index contributed by atoms with van der Waals surface area (Å²) >= 11 is 2.49. The highest BCUT2D eigenvalue weighted by Gasteiger charge is 2.22. The number of allylic oxidation sites excluding steroid dienone is 2. The first-order valence-electron chi connectivity index (χ1n) is 5.07. The Bertz CT molecular complexity index is 210. The van der Waals surface area contributed by atoms with Crippen molar-refractivity contribution in [2.75, 3.05) is 7.05 Å². The van der Waals surface area contributed by atoms with Crippen LogP contribution in [0, 0.1) is 11.8 Å². The number of rotatable bonds is 5. The van der Waals surface area contributed by atoms with Crippen molar-refractivity contribution >= 4 is 22.6 Å². The largest absolute Gasteiger partial charge is 0.369 e. The highest BCUT2D eigenvalue weighted by atomic mass is 127. The molecular weight excluding hydrogens is 285 g/mol. The van der Waals surface area contributed by atoms with Crippen molar-refractivity contribution in [1.29, 1.82) is 0 Å². The standard InChI is InChI=1S/C12H22IN/c1-7-9(3)10(4)11(5)12(13)14(6)8-2/h7-8,10-12H,2H2,1,3-6H3/b9-7+. The number of nitrogens with zero attached hydrogens (tertiary/aromatic N) is 1. The topological polar surface area (TPSA) is 3.24 Å². The smallest absolute Gasteiger partial charge is 0.0831 e. The summed E-state index contributed by atoms with van der Waals surface area (Å²) in [6.45, 7) is 12.7. The molecule has 0 heterocycles. The number of hydrogen-bond donors (Lipinski definition) is 0. The van der Waals surface area contributed by atoms with Gasteiger partial charge in [0, 0.05) is 7.05 Å². The van der Waals surface area contributed by atoms with Gasteiger partial charge in [-0.25, -0.2) is 0 Å². The molecule has 0 saturated carbocycles. The molecule has 0 amide bonds. The summed E-state index contributed by atoms with van der Waals surface area (Å²) in [6, 6.07) is 0. The third-order valence-electron chi connectivity index (χ3n) is 3.07. The van der Waals surface area contributed by atoms with Gasteiger partial charge in [-0.3, -0.25) is 0 Å². The monoisotopic (exact) mass is 307 g/mol. The van der Waals surface area contributed by atoms with Crippen molar-refractivity contribution < 1.29 is 0 Å². The van der Waals surface area contributed by atoms with Gasteiger partial charge in [0.05, 0.1) is 4.05 Å². The van der Waals surface area contributed by atoms with Crippen LogP contribution in [-0.4, -0.2) is 16.0 Å². The van der Waals surface area contributed by atoms with Crippen LogP contribution >= 0.6 is 22.6 Å². The van der Waals surface area contributed by atoms with Crippen molar-refractivity contribution in [3.8, 4) is 0 Å². The Balaban J connectivity index is 4.45. The van der Waals surface area contributed by atoms with Crippen LogP contribution in [0.3, 0.4) is 0 Å². The minimum atomic E-state index is 0.509. The Morgan fingerprint density at radius 1 is 1.43 bits per heavy atom. The summed E-state index contributed by atoms with van der Waals surface area (Å²) in [5, 5.41) is 0. The van der Waals surface area contributed by atoms with Crippen molar-refractivity contribution in [3.63, 3.8) is 0 Å². The van der Waals surface area contributed by atoms with E-state index in [1.807, 2.05) is 6.20 Å². The van der Waals surface area contributed by atoms with E-state index in [4.69, 9.17) is 0 Å². The van der Waals surface area contributed by atoms with Crippen molar-refractivity contribution in [2.24, 2.45) is 11.8 Å². The van der Waals surface area contributed by atoms with Crippen LogP contribution in [0.15, 0.2) is 24.4 Å². The number of hydrogen-bond acceptors (Lipinski definition) is 1. The van der Waals surface area contributed by atoms with Gasteiger partial charge in [-0.2, -0.15) is 0 Å². The zero-order valence-electron chi connectivity index (χ0n) is 9.92. The second-order valence-corrected chi connectivity index (χ2v) is 5.18. The lowest BCUT2D eigenvalue weighted by molar-refractivity contribution is 0.303. The SMILES string of the molecule is C=CN(C)C(I)C(C)C(C)/C(C)=C/C. The zero-order valence-corrected chi connectivity index (χ0v) is 12.1. The first-order valence-corrected chi connectivity index (χ1v) is 6.31. The fraction of sp³-hybridized carbons (Fsp3) is 0.667. The van der Waals surface area contributed by atoms with Gasteiger partial charge in [0.15, 0.2) is 0 Å². The molecule has 0 aliphatic carbocycles. The quantitative estimate of drug-likeness (QED) is 0.320. The predicted molar refractivity (Wildman–Crippen MR) is 73.5 cm³/mol. The summed E-state index contributed by atoms with van der Waals surface area (Å²) < 4.78 is 0.509. The van der Waals surface area contributed by atoms with Gasteiger partial charge in [-0.05, 0) is 31.9 Å². The molecule has 0 spiro atoms. The molecule has 3 atom stereocenters. The van der Waals surface area contributed by atoms with E-state index in [2.05, 4.69) is 74.9 Å². The van der Waals surface area contributed by atoms with Crippen molar-refractivity contribution in [2.45, 2.75) is 31.7 Å². The molecular formula is C12H22IN. The molecule has 0 fully saturated rings. The predicted octanol–water partition coefficient (Wildman–Crippen LogP) is 4.06. The molecule has 0 aliphatic heterocycles. The maximum absolute atomic E-state index is 3.79. The Morgan fingerprint density at radius 2 is 1.93 bits per heavy atom. The van der Waals surface area contributed by atoms with E-state index in [-0.39, 0.29) is 0 Å². The van der Waals surface area contributed by atoms with Crippen LogP contribution in [-0.2, 0) is 0 Å². The summed E-state index contributed by atoms with van der Waals surface area (Å²) in [6.07, 6.45) is 4.10. The van der Waals surface area contributed by atoms with E-state index >= 15 is 0 Å². The molecule has 0 saturated heterocycles. The third kappa shape index (κ3) is 3.64. The molecule has 14 heavy (non-hydrogen) atoms. The highest BCUT2D eigenvalue weighted by Crippen LogP contribution is 2.28. The second kappa shape index (κ2) is 6.49. The minimum absolute atomic E-state index is 0.509. The first kappa shape index (κ1) is 14.0. The van der Waals surface area contributed by atoms with E-state index in [0.717, 1.165) is 0 Å². The average Bonchev–Trinajstić information content (AvgIpc) is 2.23. The molecule has 1 nitrogen and oxygen atoms in total. The molecule has 82 valence electrons. The van der Waals surface area contributed by atoms with Gasteiger partial charge < -0.3 is 4.90 Å². The second-order valence-electron chi connectivity index (χ2n) is 3.90. The summed E-state index contributed by atoms with van der Waals surface area (Å²) in [5.41, 5.74) is 1.47. The van der Waals surface area contributed by atoms with Gasteiger partial charge in [0.2, 0.25) is 0 Å². The molecule has 0 aromatic heterocycles. The minimum Gasteiger partial charge on any atom is -0.369 e. The van der Waals surface area contributed by atoms with Gasteiger partial charge >= 0.3 is 0 Å². The third-order valence-corrected chi connectivity index (χ3v) is 5.09. The molecule has 2 heteroatoms. The van der Waals surface area contributed by atoms with Crippen LogP contribution in [0.1, 0.15) is 27.7 Å². The van der Waals surface area contributed by atoms with E-state index < -0.39 is 0 Å². The first-order chi connectivity index (χ1) is 6.45. The molecule has 0 rings (SSSR count). The molecule has 0 aromatic carbocycles. The maximum atomic E-state index is 3.79. The maximum Gasteiger partial charge on any atom is 0.0831 e. The molecule has 0 aromatic rings. The summed E-state index contributed by atoms with van der Waals surface area (Å²) in [5.74, 6) is 1.26. The molecule has 0 aliphatic rings. The Morgan fingerprint density at radius 3 is 2.29 bits per heavy atom. The van der Waals surface area contributed by atoms with Gasteiger partial charge in [-0.1, -0.05) is 54.7 Å². The van der Waals surface area contributed by atoms with Crippen molar-refractivity contribution in [1.82, 2.24) is 4.90 Å². The zero-order chi connectivity index (χ0) is 11.3. The lowest BCUT2D eigenvalue weighted by Gasteiger charge is -2.31. The fourth-order valence-corrected chi connectivity index (χ4v) is 2.24. The molecule has 0 radical (unpaired) electrons. The normalized spacial score (nSPS) is 18.6. The fourth-order valence-electron chi connectivity index (χ4n) is 1.39. The lowest BCUT2D eigenvalue weighted by atomic mass is 9.89. The van der Waals surface area contributed by atoms with E-state index in [9.17, 15) is 0 Å². The van der Waals surface area contributed by atoms with Gasteiger partial charge in [-0.15, -0.1) is 0 Å². The Hall–Kier alpha value is 0.01000. The molecule has 0 N–H and O–H groups in total. The van der Waals surface area contributed by atoms with Gasteiger partial charge in [0.1, 0.15) is 0 Å². The van der Waals surface area contributed by atoms with Crippen LogP contribution in [0.25, 0.3) is 0 Å². The van der Waals surface area contributed by atoms with Crippen LogP contribution in [0.2, 0.25) is 0 Å². The molecule has 3 unspecified atom stereocenters. The van der Waals surface area contributed by atoms with E-state index in [0.29, 0.717) is 15.9 Å². The van der Waals surface area contributed by atoms with Crippen LogP contribution < -0.4 is 0 Å². The summed E-state index contributed by atoms with van der Waals surface area (Å²) in [4.78, 5) is 2.17. The summed E-state index contributed by atoms with van der Waals surface area (Å²) in [7, 11) is 2.08. The lowest BCUT2D eigenvalue weighted by Crippen LogP contribution is -2.31. The van der Waals surface area contributed by atoms with Crippen molar-refractivity contribution in [3.05, 3.63) is 24.4 Å². The van der Waals surface area contributed by atoms with E-state index in [1.165, 1.54) is 5.57 Å². The Kier molecular flexibility index (Phi) is 6.49. The number of alkyl halides is 1. The van der Waals surface area contributed by atoms with Crippen LogP contribution in [0.4, 0.5) is 0 Å². The van der Waals surface area contributed by atoms with Crippen LogP contribution in [0.5, 0.6) is 0 Å². The molecule has 0 bridgehead atoms. The number of halogens is 1. The van der Waals surface area contributed by atoms with Gasteiger partial charge in [0.25, 0.3) is 0 Å². The Labute approximate surface area is 102 Å².